The molecule has 1 aliphatic heterocycles. The van der Waals surface area contributed by atoms with Gasteiger partial charge in [0.2, 0.25) is 10.1 Å². The maximum Gasteiger partial charge on any atom is 0.275 e. The molecule has 6 nitrogen and oxygen atoms in total. The van der Waals surface area contributed by atoms with E-state index in [2.05, 4.69) is 21.0 Å². The van der Waals surface area contributed by atoms with Crippen LogP contribution >= 0.6 is 11.3 Å². The molecule has 0 aliphatic carbocycles. The van der Waals surface area contributed by atoms with E-state index in [9.17, 15) is 4.79 Å². The Morgan fingerprint density at radius 2 is 2.17 bits per heavy atom. The summed E-state index contributed by atoms with van der Waals surface area (Å²) in [6, 6.07) is 9.58. The van der Waals surface area contributed by atoms with E-state index in [1.807, 2.05) is 18.2 Å². The minimum absolute atomic E-state index is 0.141. The Morgan fingerprint density at radius 1 is 1.30 bits per heavy atom. The molecule has 0 N–H and O–H groups in total. The van der Waals surface area contributed by atoms with Gasteiger partial charge in [-0.15, -0.1) is 5.10 Å². The van der Waals surface area contributed by atoms with Crippen molar-refractivity contribution in [3.63, 3.8) is 0 Å². The largest absolute Gasteiger partial charge is 0.496 e. The van der Waals surface area contributed by atoms with E-state index < -0.39 is 0 Å². The minimum atomic E-state index is -0.141. The topological polar surface area (TPSA) is 59.7 Å². The Kier molecular flexibility index (Phi) is 3.49. The molecular weight excluding hydrogens is 312 g/mol. The molecule has 23 heavy (non-hydrogen) atoms. The van der Waals surface area contributed by atoms with Gasteiger partial charge in [0.1, 0.15) is 5.75 Å². The molecule has 0 bridgehead atoms. The SMILES string of the molecule is COc1ccccc1C1CCN(c2nn3c(=O)ccnc3s2)C1. The van der Waals surface area contributed by atoms with Crippen molar-refractivity contribution in [1.29, 1.82) is 0 Å². The number of benzene rings is 1. The number of anilines is 1. The fourth-order valence-corrected chi connectivity index (χ4v) is 3.96. The molecular formula is C16H16N4O2S. The molecule has 1 aliphatic rings. The third kappa shape index (κ3) is 2.46. The van der Waals surface area contributed by atoms with E-state index in [0.29, 0.717) is 10.9 Å². The van der Waals surface area contributed by atoms with Crippen molar-refractivity contribution in [3.8, 4) is 5.75 Å². The number of nitrogens with zero attached hydrogens (tertiary/aromatic N) is 4. The highest BCUT2D eigenvalue weighted by molar-refractivity contribution is 7.20. The van der Waals surface area contributed by atoms with Gasteiger partial charge in [-0.25, -0.2) is 4.98 Å². The van der Waals surface area contributed by atoms with Crippen LogP contribution < -0.4 is 15.2 Å². The first-order valence-corrected chi connectivity index (χ1v) is 8.30. The first-order valence-electron chi connectivity index (χ1n) is 7.49. The van der Waals surface area contributed by atoms with Crippen LogP contribution in [0, 0.1) is 0 Å². The summed E-state index contributed by atoms with van der Waals surface area (Å²) in [6.45, 7) is 1.78. The second-order valence-electron chi connectivity index (χ2n) is 5.54. The molecule has 118 valence electrons. The van der Waals surface area contributed by atoms with Gasteiger partial charge >= 0.3 is 0 Å². The molecule has 0 amide bonds. The van der Waals surface area contributed by atoms with Crippen LogP contribution in [0.1, 0.15) is 17.9 Å². The van der Waals surface area contributed by atoms with Crippen molar-refractivity contribution >= 4 is 21.4 Å². The molecule has 7 heteroatoms. The number of ether oxygens (including phenoxy) is 1. The third-order valence-electron chi connectivity index (χ3n) is 4.20. The van der Waals surface area contributed by atoms with Gasteiger partial charge in [0, 0.05) is 31.3 Å². The maximum atomic E-state index is 11.8. The summed E-state index contributed by atoms with van der Waals surface area (Å²) < 4.78 is 6.85. The molecule has 1 fully saturated rings. The first kappa shape index (κ1) is 14.2. The van der Waals surface area contributed by atoms with Crippen LogP contribution in [0.4, 0.5) is 5.13 Å². The van der Waals surface area contributed by atoms with Crippen LogP contribution in [0.5, 0.6) is 5.75 Å². The van der Waals surface area contributed by atoms with Crippen LogP contribution in [0.2, 0.25) is 0 Å². The van der Waals surface area contributed by atoms with E-state index in [1.54, 1.807) is 7.11 Å². The standard InChI is InChI=1S/C16H16N4O2S/c1-22-13-5-3-2-4-12(13)11-7-9-19(10-11)16-18-20-14(21)6-8-17-15(20)23-16/h2-6,8,11H,7,9-10H2,1H3. The zero-order chi connectivity index (χ0) is 15.8. The molecule has 1 aromatic carbocycles. The molecule has 3 aromatic rings. The second-order valence-corrected chi connectivity index (χ2v) is 6.47. The Morgan fingerprint density at radius 3 is 3.00 bits per heavy atom. The lowest BCUT2D eigenvalue weighted by Crippen LogP contribution is -2.20. The van der Waals surface area contributed by atoms with Gasteiger partial charge in [-0.05, 0) is 18.1 Å². The predicted octanol–water partition coefficient (Wildman–Crippen LogP) is 2.15. The second kappa shape index (κ2) is 5.66. The number of hydrogen-bond donors (Lipinski definition) is 0. The molecule has 0 radical (unpaired) electrons. The lowest BCUT2D eigenvalue weighted by Gasteiger charge is -2.16. The van der Waals surface area contributed by atoms with Gasteiger partial charge in [0.25, 0.3) is 5.56 Å². The smallest absolute Gasteiger partial charge is 0.275 e. The number of fused-ring (bicyclic) bond motifs is 1. The van der Waals surface area contributed by atoms with Crippen LogP contribution in [-0.2, 0) is 0 Å². The van der Waals surface area contributed by atoms with Crippen LogP contribution in [0.3, 0.4) is 0 Å². The summed E-state index contributed by atoms with van der Waals surface area (Å²) in [5.74, 6) is 1.34. The van der Waals surface area contributed by atoms with Crippen molar-refractivity contribution in [3.05, 3.63) is 52.4 Å². The van der Waals surface area contributed by atoms with Crippen molar-refractivity contribution in [2.24, 2.45) is 0 Å². The molecule has 1 saturated heterocycles. The Balaban J connectivity index is 1.62. The molecule has 3 heterocycles. The molecule has 2 aromatic heterocycles. The highest BCUT2D eigenvalue weighted by atomic mass is 32.1. The zero-order valence-corrected chi connectivity index (χ0v) is 13.5. The number of methoxy groups -OCH3 is 1. The summed E-state index contributed by atoms with van der Waals surface area (Å²) in [5, 5.41) is 5.27. The van der Waals surface area contributed by atoms with Gasteiger partial charge in [0.05, 0.1) is 7.11 Å². The Hall–Kier alpha value is -2.41. The summed E-state index contributed by atoms with van der Waals surface area (Å²) in [6.07, 6.45) is 2.57. The van der Waals surface area contributed by atoms with Gasteiger partial charge in [-0.2, -0.15) is 4.52 Å². The van der Waals surface area contributed by atoms with Crippen LogP contribution in [0.15, 0.2) is 41.3 Å². The van der Waals surface area contributed by atoms with E-state index in [-0.39, 0.29) is 5.56 Å². The van der Waals surface area contributed by atoms with Gasteiger partial charge in [0.15, 0.2) is 0 Å². The normalized spacial score (nSPS) is 17.8. The Labute approximate surface area is 137 Å². The average Bonchev–Trinajstić information content (AvgIpc) is 3.22. The lowest BCUT2D eigenvalue weighted by molar-refractivity contribution is 0.406. The summed E-state index contributed by atoms with van der Waals surface area (Å²) in [7, 11) is 1.71. The highest BCUT2D eigenvalue weighted by Gasteiger charge is 2.28. The molecule has 1 unspecified atom stereocenters. The maximum absolute atomic E-state index is 11.8. The molecule has 0 saturated carbocycles. The monoisotopic (exact) mass is 328 g/mol. The number of hydrogen-bond acceptors (Lipinski definition) is 6. The number of aromatic nitrogens is 3. The molecule has 1 atom stereocenters. The van der Waals surface area contributed by atoms with Crippen molar-refractivity contribution in [2.75, 3.05) is 25.1 Å². The van der Waals surface area contributed by atoms with E-state index in [0.717, 1.165) is 30.4 Å². The zero-order valence-electron chi connectivity index (χ0n) is 12.7. The fourth-order valence-electron chi connectivity index (χ4n) is 3.05. The third-order valence-corrected chi connectivity index (χ3v) is 5.18. The van der Waals surface area contributed by atoms with Crippen molar-refractivity contribution in [2.45, 2.75) is 12.3 Å². The first-order chi connectivity index (χ1) is 11.3. The van der Waals surface area contributed by atoms with E-state index in [1.165, 1.54) is 33.7 Å². The predicted molar refractivity (Wildman–Crippen MR) is 89.7 cm³/mol. The van der Waals surface area contributed by atoms with Crippen LogP contribution in [0.25, 0.3) is 4.96 Å². The summed E-state index contributed by atoms with van der Waals surface area (Å²) in [5.41, 5.74) is 1.09. The van der Waals surface area contributed by atoms with E-state index >= 15 is 0 Å². The van der Waals surface area contributed by atoms with Crippen molar-refractivity contribution in [1.82, 2.24) is 14.6 Å². The summed E-state index contributed by atoms with van der Waals surface area (Å²) >= 11 is 1.45. The van der Waals surface area contributed by atoms with Crippen LogP contribution in [-0.4, -0.2) is 34.8 Å². The van der Waals surface area contributed by atoms with E-state index in [4.69, 9.17) is 4.74 Å². The van der Waals surface area contributed by atoms with Crippen molar-refractivity contribution < 1.29 is 4.74 Å². The fraction of sp³-hybridized carbons (Fsp3) is 0.312. The molecule has 4 rings (SSSR count). The quantitative estimate of drug-likeness (QED) is 0.737. The molecule has 0 spiro atoms. The number of para-hydroxylation sites is 1. The number of rotatable bonds is 3. The lowest BCUT2D eigenvalue weighted by atomic mass is 9.97. The summed E-state index contributed by atoms with van der Waals surface area (Å²) in [4.78, 5) is 18.9. The van der Waals surface area contributed by atoms with Gasteiger partial charge in [-0.3, -0.25) is 4.79 Å². The van der Waals surface area contributed by atoms with Gasteiger partial charge in [-0.1, -0.05) is 29.5 Å². The minimum Gasteiger partial charge on any atom is -0.496 e. The highest BCUT2D eigenvalue weighted by Crippen LogP contribution is 2.36. The average molecular weight is 328 g/mol. The Bertz CT molecular complexity index is 904. The van der Waals surface area contributed by atoms with Gasteiger partial charge < -0.3 is 9.64 Å².